The van der Waals surface area contributed by atoms with E-state index >= 15 is 0 Å². The molecule has 2 heterocycles. The fourth-order valence-corrected chi connectivity index (χ4v) is 3.37. The molecule has 0 aliphatic carbocycles. The molecule has 2 aromatic heterocycles. The number of aromatic nitrogens is 3. The molecule has 10 heteroatoms. The summed E-state index contributed by atoms with van der Waals surface area (Å²) in [5.74, 6) is 0.716. The van der Waals surface area contributed by atoms with Gasteiger partial charge in [-0.1, -0.05) is 6.07 Å². The zero-order chi connectivity index (χ0) is 20.5. The molecule has 6 nitrogen and oxygen atoms in total. The molecule has 0 aliphatic rings. The second-order valence-electron chi connectivity index (χ2n) is 6.23. The third-order valence-electron chi connectivity index (χ3n) is 3.93. The van der Waals surface area contributed by atoms with Crippen LogP contribution in [0.15, 0.2) is 36.7 Å². The largest absolute Gasteiger partial charge is 0.481 e. The average Bonchev–Trinajstić information content (AvgIpc) is 3.11. The van der Waals surface area contributed by atoms with Crippen molar-refractivity contribution in [2.45, 2.75) is 25.6 Å². The number of benzene rings is 1. The van der Waals surface area contributed by atoms with Gasteiger partial charge in [0.05, 0.1) is 12.0 Å². The minimum absolute atomic E-state index is 0.320. The van der Waals surface area contributed by atoms with E-state index in [1.165, 1.54) is 13.3 Å². The summed E-state index contributed by atoms with van der Waals surface area (Å²) in [6, 6.07) is 7.02. The SMILES string of the molecule is COc1ccnc(Nc2cc(C)cc(-c3cnc(C(C)(O)C(F)(F)F)s3)c2)n1. The van der Waals surface area contributed by atoms with Crippen molar-refractivity contribution in [2.24, 2.45) is 0 Å². The van der Waals surface area contributed by atoms with Crippen LogP contribution in [-0.4, -0.2) is 33.3 Å². The van der Waals surface area contributed by atoms with Gasteiger partial charge >= 0.3 is 6.18 Å². The molecule has 1 unspecified atom stereocenters. The predicted molar refractivity (Wildman–Crippen MR) is 99.8 cm³/mol. The minimum atomic E-state index is -4.81. The number of aliphatic hydroxyl groups is 1. The van der Waals surface area contributed by atoms with E-state index < -0.39 is 16.8 Å². The van der Waals surface area contributed by atoms with Crippen LogP contribution in [-0.2, 0) is 5.60 Å². The molecular weight excluding hydrogens is 393 g/mol. The summed E-state index contributed by atoms with van der Waals surface area (Å²) in [6.45, 7) is 2.55. The normalized spacial score (nSPS) is 13.8. The second kappa shape index (κ2) is 7.36. The van der Waals surface area contributed by atoms with Gasteiger partial charge in [-0.2, -0.15) is 18.2 Å². The Balaban J connectivity index is 1.92. The molecule has 2 N–H and O–H groups in total. The summed E-state index contributed by atoms with van der Waals surface area (Å²) in [4.78, 5) is 12.6. The summed E-state index contributed by atoms with van der Waals surface area (Å²) in [6.07, 6.45) is -1.95. The summed E-state index contributed by atoms with van der Waals surface area (Å²) in [7, 11) is 1.49. The number of nitrogens with zero attached hydrogens (tertiary/aromatic N) is 3. The van der Waals surface area contributed by atoms with Gasteiger partial charge in [-0.25, -0.2) is 9.97 Å². The first kappa shape index (κ1) is 20.0. The number of rotatable bonds is 5. The first-order valence-electron chi connectivity index (χ1n) is 8.11. The molecule has 1 aromatic carbocycles. The molecule has 0 amide bonds. The van der Waals surface area contributed by atoms with Crippen LogP contribution in [0.2, 0.25) is 0 Å². The van der Waals surface area contributed by atoms with E-state index in [1.54, 1.807) is 18.3 Å². The molecule has 148 valence electrons. The van der Waals surface area contributed by atoms with Crippen molar-refractivity contribution in [1.29, 1.82) is 0 Å². The molecule has 0 saturated heterocycles. The molecular formula is C18H17F3N4O2S. The van der Waals surface area contributed by atoms with Crippen molar-refractivity contribution in [1.82, 2.24) is 15.0 Å². The Morgan fingerprint density at radius 3 is 2.61 bits per heavy atom. The highest BCUT2D eigenvalue weighted by Gasteiger charge is 2.53. The Kier molecular flexibility index (Phi) is 5.26. The third kappa shape index (κ3) is 4.07. The first-order valence-corrected chi connectivity index (χ1v) is 8.93. The molecule has 0 saturated carbocycles. The van der Waals surface area contributed by atoms with Gasteiger partial charge in [0, 0.05) is 24.1 Å². The molecule has 0 radical (unpaired) electrons. The average molecular weight is 410 g/mol. The van der Waals surface area contributed by atoms with Crippen molar-refractivity contribution in [3.05, 3.63) is 47.2 Å². The van der Waals surface area contributed by atoms with E-state index in [-0.39, 0.29) is 0 Å². The van der Waals surface area contributed by atoms with Crippen LogP contribution in [0.3, 0.4) is 0 Å². The molecule has 1 atom stereocenters. The van der Waals surface area contributed by atoms with Gasteiger partial charge < -0.3 is 15.2 Å². The molecule has 0 fully saturated rings. The van der Waals surface area contributed by atoms with E-state index in [2.05, 4.69) is 20.3 Å². The monoisotopic (exact) mass is 410 g/mol. The second-order valence-corrected chi connectivity index (χ2v) is 7.27. The van der Waals surface area contributed by atoms with Crippen LogP contribution in [0.1, 0.15) is 17.5 Å². The van der Waals surface area contributed by atoms with E-state index in [9.17, 15) is 18.3 Å². The highest BCUT2D eigenvalue weighted by molar-refractivity contribution is 7.15. The van der Waals surface area contributed by atoms with Gasteiger partial charge in [0.15, 0.2) is 0 Å². The van der Waals surface area contributed by atoms with Crippen molar-refractivity contribution >= 4 is 23.0 Å². The number of methoxy groups -OCH3 is 1. The number of alkyl halides is 3. The lowest BCUT2D eigenvalue weighted by molar-refractivity contribution is -0.258. The summed E-state index contributed by atoms with van der Waals surface area (Å²) >= 11 is 0.789. The number of hydrogen-bond acceptors (Lipinski definition) is 7. The maximum Gasteiger partial charge on any atom is 0.423 e. The van der Waals surface area contributed by atoms with Gasteiger partial charge in [0.2, 0.25) is 17.4 Å². The summed E-state index contributed by atoms with van der Waals surface area (Å²) < 4.78 is 44.2. The topological polar surface area (TPSA) is 80.2 Å². The summed E-state index contributed by atoms with van der Waals surface area (Å²) in [5, 5.41) is 12.4. The van der Waals surface area contributed by atoms with Crippen LogP contribution in [0.5, 0.6) is 5.88 Å². The standard InChI is InChI=1S/C18H17F3N4O2S/c1-10-6-11(13-9-23-15(28-13)17(2,26)18(19,20)21)8-12(7-10)24-16-22-5-4-14(25-16)27-3/h4-9,26H,1-3H3,(H,22,24,25). The number of nitrogens with one attached hydrogen (secondary N) is 1. The van der Waals surface area contributed by atoms with Crippen molar-refractivity contribution in [3.63, 3.8) is 0 Å². The Morgan fingerprint density at radius 2 is 1.93 bits per heavy atom. The maximum atomic E-state index is 13.0. The maximum absolute atomic E-state index is 13.0. The zero-order valence-corrected chi connectivity index (χ0v) is 16.0. The highest BCUT2D eigenvalue weighted by Crippen LogP contribution is 2.42. The highest BCUT2D eigenvalue weighted by atomic mass is 32.1. The molecule has 0 spiro atoms. The van der Waals surface area contributed by atoms with Crippen molar-refractivity contribution < 1.29 is 23.0 Å². The van der Waals surface area contributed by atoms with E-state index in [0.717, 1.165) is 16.9 Å². The van der Waals surface area contributed by atoms with Crippen LogP contribution in [0.25, 0.3) is 10.4 Å². The van der Waals surface area contributed by atoms with Gasteiger partial charge in [-0.15, -0.1) is 11.3 Å². The van der Waals surface area contributed by atoms with Crippen LogP contribution >= 0.6 is 11.3 Å². The molecule has 28 heavy (non-hydrogen) atoms. The van der Waals surface area contributed by atoms with Crippen LogP contribution < -0.4 is 10.1 Å². The van der Waals surface area contributed by atoms with Crippen LogP contribution in [0.4, 0.5) is 24.8 Å². The van der Waals surface area contributed by atoms with Crippen LogP contribution in [0, 0.1) is 6.92 Å². The quantitative estimate of drug-likeness (QED) is 0.648. The smallest absolute Gasteiger partial charge is 0.423 e. The van der Waals surface area contributed by atoms with Gasteiger partial charge in [-0.05, 0) is 37.1 Å². The predicted octanol–water partition coefficient (Wildman–Crippen LogP) is 4.43. The molecule has 3 aromatic rings. The number of anilines is 2. The molecule has 3 rings (SSSR count). The first-order chi connectivity index (χ1) is 13.1. The van der Waals surface area contributed by atoms with Gasteiger partial charge in [-0.3, -0.25) is 0 Å². The lowest BCUT2D eigenvalue weighted by Gasteiger charge is -2.23. The van der Waals surface area contributed by atoms with E-state index in [0.29, 0.717) is 34.9 Å². The van der Waals surface area contributed by atoms with Crippen molar-refractivity contribution in [3.8, 4) is 16.3 Å². The number of aryl methyl sites for hydroxylation is 1. The fraction of sp³-hybridized carbons (Fsp3) is 0.278. The minimum Gasteiger partial charge on any atom is -0.481 e. The Hall–Kier alpha value is -2.72. The number of hydrogen-bond donors (Lipinski definition) is 2. The Morgan fingerprint density at radius 1 is 1.18 bits per heavy atom. The Bertz CT molecular complexity index is 989. The number of thiazole rings is 1. The lowest BCUT2D eigenvalue weighted by Crippen LogP contribution is -2.39. The number of halogens is 3. The Labute approximate surface area is 163 Å². The van der Waals surface area contributed by atoms with Gasteiger partial charge in [0.25, 0.3) is 0 Å². The summed E-state index contributed by atoms with van der Waals surface area (Å²) in [5.41, 5.74) is -0.816. The van der Waals surface area contributed by atoms with Crippen molar-refractivity contribution in [2.75, 3.05) is 12.4 Å². The fourth-order valence-electron chi connectivity index (χ4n) is 2.40. The third-order valence-corrected chi connectivity index (χ3v) is 5.19. The van der Waals surface area contributed by atoms with E-state index in [4.69, 9.17) is 4.74 Å². The van der Waals surface area contributed by atoms with Gasteiger partial charge in [0.1, 0.15) is 5.01 Å². The zero-order valence-electron chi connectivity index (χ0n) is 15.2. The van der Waals surface area contributed by atoms with E-state index in [1.807, 2.05) is 19.1 Å². The molecule has 0 bridgehead atoms. The molecule has 0 aliphatic heterocycles. The lowest BCUT2D eigenvalue weighted by atomic mass is 10.1. The number of ether oxygens (including phenoxy) is 1.